The summed E-state index contributed by atoms with van der Waals surface area (Å²) in [5.74, 6) is -0.415. The number of hydrogen-bond donors (Lipinski definition) is 2. The predicted octanol–water partition coefficient (Wildman–Crippen LogP) is 1.77. The van der Waals surface area contributed by atoms with E-state index in [0.717, 1.165) is 6.42 Å². The van der Waals surface area contributed by atoms with Crippen LogP contribution in [0.25, 0.3) is 0 Å². The minimum Gasteiger partial charge on any atom is -0.365 e. The van der Waals surface area contributed by atoms with E-state index in [4.69, 9.17) is 0 Å². The Labute approximate surface area is 172 Å². The number of nitrogens with one attached hydrogen (secondary N) is 2. The summed E-state index contributed by atoms with van der Waals surface area (Å²) >= 11 is 0. The summed E-state index contributed by atoms with van der Waals surface area (Å²) < 4.78 is 52.9. The maximum Gasteiger partial charge on any atom is 0.213 e. The first-order valence-electron chi connectivity index (χ1n) is 9.96. The van der Waals surface area contributed by atoms with Crippen molar-refractivity contribution < 1.29 is 17.2 Å². The number of anilines is 1. The maximum atomic E-state index is 14.0. The van der Waals surface area contributed by atoms with Crippen LogP contribution >= 0.6 is 0 Å². The number of hydrogen-bond acceptors (Lipinski definition) is 4. The summed E-state index contributed by atoms with van der Waals surface area (Å²) in [4.78, 5) is 6.20. The second kappa shape index (κ2) is 10.7. The Morgan fingerprint density at radius 2 is 2.00 bits per heavy atom. The zero-order chi connectivity index (χ0) is 21.4. The van der Waals surface area contributed by atoms with Gasteiger partial charge in [-0.05, 0) is 38.8 Å². The number of benzene rings is 1. The average Bonchev–Trinajstić information content (AvgIpc) is 3.12. The maximum absolute atomic E-state index is 14.0. The SMILES string of the molecule is CCNC(=NCCCN(C)S(=O)(=O)CC)NC1CCN(c2c(F)cccc2F)C1. The van der Waals surface area contributed by atoms with Gasteiger partial charge in [0.15, 0.2) is 5.96 Å². The van der Waals surface area contributed by atoms with E-state index in [1.165, 1.54) is 22.5 Å². The van der Waals surface area contributed by atoms with E-state index in [2.05, 4.69) is 15.6 Å². The van der Waals surface area contributed by atoms with Crippen molar-refractivity contribution in [2.45, 2.75) is 32.7 Å². The third-order valence-corrected chi connectivity index (χ3v) is 6.73. The highest BCUT2D eigenvalue weighted by molar-refractivity contribution is 7.89. The zero-order valence-electron chi connectivity index (χ0n) is 17.3. The average molecular weight is 432 g/mol. The molecule has 0 radical (unpaired) electrons. The summed E-state index contributed by atoms with van der Waals surface area (Å²) in [5.41, 5.74) is 0.0129. The molecule has 1 aromatic carbocycles. The van der Waals surface area contributed by atoms with Crippen LogP contribution in [0.15, 0.2) is 23.2 Å². The van der Waals surface area contributed by atoms with Crippen molar-refractivity contribution in [3.05, 3.63) is 29.8 Å². The van der Waals surface area contributed by atoms with Crippen molar-refractivity contribution in [1.82, 2.24) is 14.9 Å². The first kappa shape index (κ1) is 23.3. The van der Waals surface area contributed by atoms with Gasteiger partial charge in [-0.25, -0.2) is 21.5 Å². The Hall–Kier alpha value is -1.94. The lowest BCUT2D eigenvalue weighted by Gasteiger charge is -2.21. The molecule has 29 heavy (non-hydrogen) atoms. The molecule has 0 spiro atoms. The first-order chi connectivity index (χ1) is 13.8. The quantitative estimate of drug-likeness (QED) is 0.354. The second-order valence-corrected chi connectivity index (χ2v) is 9.35. The number of nitrogens with zero attached hydrogens (tertiary/aromatic N) is 3. The van der Waals surface area contributed by atoms with Crippen LogP contribution in [-0.4, -0.2) is 70.2 Å². The number of guanidine groups is 1. The number of para-hydroxylation sites is 1. The number of rotatable bonds is 9. The standard InChI is InChI=1S/C19H31F2N5O2S/c1-4-22-19(23-11-7-12-25(3)29(27,28)5-2)24-15-10-13-26(14-15)18-16(20)8-6-9-17(18)21/h6,8-9,15H,4-5,7,10-14H2,1-3H3,(H2,22,23,24). The molecule has 1 saturated heterocycles. The molecule has 2 N–H and O–H groups in total. The van der Waals surface area contributed by atoms with E-state index in [1.54, 1.807) is 18.9 Å². The number of aliphatic imine (C=N–C) groups is 1. The van der Waals surface area contributed by atoms with Gasteiger partial charge in [0.05, 0.1) is 5.75 Å². The molecule has 1 aliphatic heterocycles. The van der Waals surface area contributed by atoms with Crippen molar-refractivity contribution in [2.75, 3.05) is 50.4 Å². The molecule has 1 heterocycles. The fraction of sp³-hybridized carbons (Fsp3) is 0.632. The third kappa shape index (κ3) is 6.53. The molecule has 1 aliphatic rings. The second-order valence-electron chi connectivity index (χ2n) is 6.98. The number of sulfonamides is 1. The summed E-state index contributed by atoms with van der Waals surface area (Å²) in [6.07, 6.45) is 1.33. The topological polar surface area (TPSA) is 77.0 Å². The van der Waals surface area contributed by atoms with E-state index in [1.807, 2.05) is 6.92 Å². The zero-order valence-corrected chi connectivity index (χ0v) is 18.1. The Bertz CT molecular complexity index is 784. The Kier molecular flexibility index (Phi) is 8.63. The molecule has 7 nitrogen and oxygen atoms in total. The molecule has 0 bridgehead atoms. The molecular formula is C19H31F2N5O2S. The van der Waals surface area contributed by atoms with Crippen LogP contribution in [0.1, 0.15) is 26.7 Å². The number of halogens is 2. The fourth-order valence-electron chi connectivity index (χ4n) is 3.23. The third-order valence-electron chi connectivity index (χ3n) is 4.87. The molecular weight excluding hydrogens is 400 g/mol. The lowest BCUT2D eigenvalue weighted by Crippen LogP contribution is -2.44. The van der Waals surface area contributed by atoms with Crippen molar-refractivity contribution in [3.63, 3.8) is 0 Å². The molecule has 10 heteroatoms. The summed E-state index contributed by atoms with van der Waals surface area (Å²) in [5, 5.41) is 6.46. The van der Waals surface area contributed by atoms with Crippen LogP contribution < -0.4 is 15.5 Å². The molecule has 164 valence electrons. The molecule has 1 fully saturated rings. The van der Waals surface area contributed by atoms with Crippen LogP contribution in [0, 0.1) is 11.6 Å². The summed E-state index contributed by atoms with van der Waals surface area (Å²) in [6.45, 7) is 6.15. The molecule has 1 unspecified atom stereocenters. The van der Waals surface area contributed by atoms with Crippen LogP contribution in [0.2, 0.25) is 0 Å². The highest BCUT2D eigenvalue weighted by Gasteiger charge is 2.27. The van der Waals surface area contributed by atoms with Crippen molar-refractivity contribution in [1.29, 1.82) is 0 Å². The van der Waals surface area contributed by atoms with Crippen LogP contribution in [0.3, 0.4) is 0 Å². The monoisotopic (exact) mass is 431 g/mol. The van der Waals surface area contributed by atoms with Crippen LogP contribution in [-0.2, 0) is 10.0 Å². The molecule has 0 aromatic heterocycles. The van der Waals surface area contributed by atoms with Crippen molar-refractivity contribution in [3.8, 4) is 0 Å². The van der Waals surface area contributed by atoms with Gasteiger partial charge in [-0.2, -0.15) is 0 Å². The molecule has 0 aliphatic carbocycles. The van der Waals surface area contributed by atoms with E-state index in [9.17, 15) is 17.2 Å². The summed E-state index contributed by atoms with van der Waals surface area (Å²) in [7, 11) is -1.61. The summed E-state index contributed by atoms with van der Waals surface area (Å²) in [6, 6.07) is 3.90. The largest absolute Gasteiger partial charge is 0.365 e. The highest BCUT2D eigenvalue weighted by Crippen LogP contribution is 2.26. The Morgan fingerprint density at radius 3 is 2.62 bits per heavy atom. The van der Waals surface area contributed by atoms with Crippen molar-refractivity contribution in [2.24, 2.45) is 4.99 Å². The Balaban J connectivity index is 1.89. The van der Waals surface area contributed by atoms with Gasteiger partial charge in [0, 0.05) is 45.8 Å². The molecule has 2 rings (SSSR count). The predicted molar refractivity (Wildman–Crippen MR) is 113 cm³/mol. The smallest absolute Gasteiger partial charge is 0.213 e. The van der Waals surface area contributed by atoms with E-state index in [0.29, 0.717) is 45.1 Å². The Morgan fingerprint density at radius 1 is 1.31 bits per heavy atom. The van der Waals surface area contributed by atoms with Gasteiger partial charge in [0.2, 0.25) is 10.0 Å². The van der Waals surface area contributed by atoms with Crippen LogP contribution in [0.4, 0.5) is 14.5 Å². The van der Waals surface area contributed by atoms with Gasteiger partial charge in [0.25, 0.3) is 0 Å². The molecule has 0 saturated carbocycles. The van der Waals surface area contributed by atoms with E-state index >= 15 is 0 Å². The first-order valence-corrected chi connectivity index (χ1v) is 11.6. The van der Waals surface area contributed by atoms with Gasteiger partial charge >= 0.3 is 0 Å². The van der Waals surface area contributed by atoms with E-state index in [-0.39, 0.29) is 17.5 Å². The molecule has 1 atom stereocenters. The molecule has 0 amide bonds. The van der Waals surface area contributed by atoms with Crippen molar-refractivity contribution >= 4 is 21.7 Å². The lowest BCUT2D eigenvalue weighted by atomic mass is 10.2. The highest BCUT2D eigenvalue weighted by atomic mass is 32.2. The van der Waals surface area contributed by atoms with Gasteiger partial charge in [0.1, 0.15) is 17.3 Å². The fourth-order valence-corrected chi connectivity index (χ4v) is 4.08. The van der Waals surface area contributed by atoms with Gasteiger partial charge < -0.3 is 15.5 Å². The van der Waals surface area contributed by atoms with Gasteiger partial charge in [-0.15, -0.1) is 0 Å². The minimum atomic E-state index is -3.18. The van der Waals surface area contributed by atoms with Crippen LogP contribution in [0.5, 0.6) is 0 Å². The normalized spacial score (nSPS) is 17.8. The van der Waals surface area contributed by atoms with E-state index < -0.39 is 21.7 Å². The lowest BCUT2D eigenvalue weighted by molar-refractivity contribution is 0.464. The van der Waals surface area contributed by atoms with Gasteiger partial charge in [-0.3, -0.25) is 4.99 Å². The van der Waals surface area contributed by atoms with Gasteiger partial charge in [-0.1, -0.05) is 6.07 Å². The molecule has 1 aromatic rings. The minimum absolute atomic E-state index is 0.00921.